The van der Waals surface area contributed by atoms with Crippen molar-refractivity contribution in [1.82, 2.24) is 15.2 Å². The van der Waals surface area contributed by atoms with Crippen LogP contribution in [-0.4, -0.2) is 26.7 Å². The van der Waals surface area contributed by atoms with Gasteiger partial charge in [-0.1, -0.05) is 88.0 Å². The van der Waals surface area contributed by atoms with Gasteiger partial charge in [-0.2, -0.15) is 0 Å². The Labute approximate surface area is 164 Å². The Balaban J connectivity index is 1.61. The van der Waals surface area contributed by atoms with Crippen LogP contribution >= 0.6 is 11.8 Å². The van der Waals surface area contributed by atoms with Gasteiger partial charge in [0, 0.05) is 11.1 Å². The summed E-state index contributed by atoms with van der Waals surface area (Å²) in [6.07, 6.45) is 1.01. The lowest BCUT2D eigenvalue weighted by Gasteiger charge is -2.18. The first-order valence-corrected chi connectivity index (χ1v) is 10.1. The maximum Gasteiger partial charge on any atom is 0.209 e. The molecule has 0 fully saturated rings. The molecule has 0 aliphatic carbocycles. The number of benzene rings is 2. The predicted molar refractivity (Wildman–Crippen MR) is 111 cm³/mol. The highest BCUT2D eigenvalue weighted by molar-refractivity contribution is 7.99. The van der Waals surface area contributed by atoms with Crippen LogP contribution in [0.2, 0.25) is 0 Å². The van der Waals surface area contributed by atoms with Gasteiger partial charge in [-0.25, -0.2) is 4.98 Å². The molecule has 0 radical (unpaired) electrons. The molecule has 0 saturated carbocycles. The smallest absolute Gasteiger partial charge is 0.209 e. The molecule has 0 aliphatic rings. The van der Waals surface area contributed by atoms with Crippen LogP contribution in [0.4, 0.5) is 0 Å². The van der Waals surface area contributed by atoms with Gasteiger partial charge in [-0.3, -0.25) is 9.89 Å². The molecule has 140 valence electrons. The second-order valence-corrected chi connectivity index (χ2v) is 8.50. The minimum Gasteiger partial charge on any atom is -0.293 e. The van der Waals surface area contributed by atoms with Crippen LogP contribution in [0.1, 0.15) is 49.2 Å². The summed E-state index contributed by atoms with van der Waals surface area (Å²) in [5.41, 5.74) is 4.31. The molecule has 5 heteroatoms. The number of aryl methyl sites for hydroxylation is 1. The van der Waals surface area contributed by atoms with Gasteiger partial charge in [0.1, 0.15) is 0 Å². The normalized spacial score (nSPS) is 11.6. The summed E-state index contributed by atoms with van der Waals surface area (Å²) in [6, 6.07) is 16.1. The van der Waals surface area contributed by atoms with E-state index in [1.54, 1.807) is 0 Å². The molecule has 1 heterocycles. The standard InChI is InChI=1S/C22H25N3OS/c1-5-15-6-8-17(9-7-15)20-23-21(25-24-20)27-14-19(26)16-10-12-18(13-11-16)22(2,3)4/h6-13H,5,14H2,1-4H3,(H,23,24,25). The monoisotopic (exact) mass is 379 g/mol. The van der Waals surface area contributed by atoms with Crippen molar-refractivity contribution >= 4 is 17.5 Å². The fourth-order valence-corrected chi connectivity index (χ4v) is 3.40. The molecule has 0 atom stereocenters. The van der Waals surface area contributed by atoms with Crippen molar-refractivity contribution in [3.63, 3.8) is 0 Å². The highest BCUT2D eigenvalue weighted by Crippen LogP contribution is 2.24. The van der Waals surface area contributed by atoms with Gasteiger partial charge >= 0.3 is 0 Å². The number of nitrogens with zero attached hydrogens (tertiary/aromatic N) is 2. The second-order valence-electron chi connectivity index (χ2n) is 7.56. The lowest BCUT2D eigenvalue weighted by Crippen LogP contribution is -2.11. The van der Waals surface area contributed by atoms with Gasteiger partial charge in [-0.05, 0) is 23.0 Å². The van der Waals surface area contributed by atoms with Gasteiger partial charge in [0.05, 0.1) is 5.75 Å². The lowest BCUT2D eigenvalue weighted by atomic mass is 9.86. The molecule has 0 amide bonds. The van der Waals surface area contributed by atoms with Crippen LogP contribution in [0.25, 0.3) is 11.4 Å². The Bertz CT molecular complexity index is 906. The average Bonchev–Trinajstić information content (AvgIpc) is 3.14. The number of H-pyrrole nitrogens is 1. The Morgan fingerprint density at radius 2 is 1.70 bits per heavy atom. The number of hydrogen-bond donors (Lipinski definition) is 1. The molecule has 0 bridgehead atoms. The highest BCUT2D eigenvalue weighted by Gasteiger charge is 2.15. The number of hydrogen-bond acceptors (Lipinski definition) is 4. The molecule has 2 aromatic carbocycles. The number of aromatic nitrogens is 3. The van der Waals surface area contributed by atoms with E-state index in [1.807, 2.05) is 36.4 Å². The zero-order valence-electron chi connectivity index (χ0n) is 16.2. The first-order valence-electron chi connectivity index (χ1n) is 9.15. The van der Waals surface area contributed by atoms with Gasteiger partial charge in [0.15, 0.2) is 11.6 Å². The number of carbonyl (C=O) groups excluding carboxylic acids is 1. The van der Waals surface area contributed by atoms with E-state index in [1.165, 1.54) is 22.9 Å². The summed E-state index contributed by atoms with van der Waals surface area (Å²) in [5, 5.41) is 7.76. The molecule has 3 aromatic rings. The van der Waals surface area contributed by atoms with Crippen LogP contribution in [0, 0.1) is 0 Å². The van der Waals surface area contributed by atoms with E-state index in [-0.39, 0.29) is 11.2 Å². The number of ketones is 1. The summed E-state index contributed by atoms with van der Waals surface area (Å²) in [5.74, 6) is 1.13. The summed E-state index contributed by atoms with van der Waals surface area (Å²) in [4.78, 5) is 16.9. The van der Waals surface area contributed by atoms with E-state index < -0.39 is 0 Å². The van der Waals surface area contributed by atoms with E-state index in [0.717, 1.165) is 23.4 Å². The first-order chi connectivity index (χ1) is 12.9. The minimum atomic E-state index is 0.0825. The second kappa shape index (κ2) is 8.09. The quantitative estimate of drug-likeness (QED) is 0.466. The van der Waals surface area contributed by atoms with Crippen molar-refractivity contribution in [2.75, 3.05) is 5.75 Å². The number of carbonyl (C=O) groups is 1. The maximum atomic E-state index is 12.4. The third kappa shape index (κ3) is 4.86. The van der Waals surface area contributed by atoms with Crippen molar-refractivity contribution in [2.24, 2.45) is 0 Å². The van der Waals surface area contributed by atoms with E-state index in [2.05, 4.69) is 55.0 Å². The largest absolute Gasteiger partial charge is 0.293 e. The van der Waals surface area contributed by atoms with Crippen molar-refractivity contribution in [2.45, 2.75) is 44.7 Å². The lowest BCUT2D eigenvalue weighted by molar-refractivity contribution is 0.102. The molecule has 1 aromatic heterocycles. The van der Waals surface area contributed by atoms with Crippen LogP contribution in [0.15, 0.2) is 53.7 Å². The fourth-order valence-electron chi connectivity index (χ4n) is 2.71. The number of thioether (sulfide) groups is 1. The van der Waals surface area contributed by atoms with E-state index in [0.29, 0.717) is 10.9 Å². The summed E-state index contributed by atoms with van der Waals surface area (Å²) >= 11 is 1.35. The zero-order valence-corrected chi connectivity index (χ0v) is 17.1. The average molecular weight is 380 g/mol. The number of aromatic amines is 1. The number of nitrogens with one attached hydrogen (secondary N) is 1. The summed E-state index contributed by atoms with van der Waals surface area (Å²) in [6.45, 7) is 8.62. The Morgan fingerprint density at radius 1 is 1.04 bits per heavy atom. The molecule has 3 rings (SSSR count). The molecule has 0 saturated heterocycles. The number of rotatable bonds is 6. The Kier molecular flexibility index (Phi) is 5.80. The van der Waals surface area contributed by atoms with Gasteiger partial charge in [0.25, 0.3) is 0 Å². The van der Waals surface area contributed by atoms with Gasteiger partial charge in [-0.15, -0.1) is 5.10 Å². The van der Waals surface area contributed by atoms with E-state index in [9.17, 15) is 4.79 Å². The minimum absolute atomic E-state index is 0.0825. The van der Waals surface area contributed by atoms with Crippen LogP contribution < -0.4 is 0 Å². The van der Waals surface area contributed by atoms with Crippen molar-refractivity contribution in [1.29, 1.82) is 0 Å². The zero-order chi connectivity index (χ0) is 19.4. The molecule has 27 heavy (non-hydrogen) atoms. The molecule has 1 N–H and O–H groups in total. The van der Waals surface area contributed by atoms with E-state index >= 15 is 0 Å². The molecule has 0 aliphatic heterocycles. The third-order valence-electron chi connectivity index (χ3n) is 4.51. The van der Waals surface area contributed by atoms with Crippen LogP contribution in [0.3, 0.4) is 0 Å². The number of Topliss-reactive ketones (excluding diaryl/α,β-unsaturated/α-hetero) is 1. The summed E-state index contributed by atoms with van der Waals surface area (Å²) < 4.78 is 0. The molecular formula is C22H25N3OS. The fraction of sp³-hybridized carbons (Fsp3) is 0.318. The molecule has 0 spiro atoms. The van der Waals surface area contributed by atoms with Crippen molar-refractivity contribution in [3.8, 4) is 11.4 Å². The van der Waals surface area contributed by atoms with Crippen LogP contribution in [0.5, 0.6) is 0 Å². The predicted octanol–water partition coefficient (Wildman–Crippen LogP) is 5.31. The SMILES string of the molecule is CCc1ccc(-c2nc(SCC(=O)c3ccc(C(C)(C)C)cc3)n[nH]2)cc1. The molecule has 4 nitrogen and oxygen atoms in total. The maximum absolute atomic E-state index is 12.4. The highest BCUT2D eigenvalue weighted by atomic mass is 32.2. The van der Waals surface area contributed by atoms with Gasteiger partial charge < -0.3 is 0 Å². The van der Waals surface area contributed by atoms with Gasteiger partial charge in [0.2, 0.25) is 5.16 Å². The first kappa shape index (κ1) is 19.4. The third-order valence-corrected chi connectivity index (χ3v) is 5.35. The van der Waals surface area contributed by atoms with Crippen LogP contribution in [-0.2, 0) is 11.8 Å². The van der Waals surface area contributed by atoms with E-state index in [4.69, 9.17) is 0 Å². The summed E-state index contributed by atoms with van der Waals surface area (Å²) in [7, 11) is 0. The Hall–Kier alpha value is -2.40. The molecule has 0 unspecified atom stereocenters. The van der Waals surface area contributed by atoms with Crippen molar-refractivity contribution < 1.29 is 4.79 Å². The molecular weight excluding hydrogens is 354 g/mol. The van der Waals surface area contributed by atoms with Crippen molar-refractivity contribution in [3.05, 3.63) is 65.2 Å². The topological polar surface area (TPSA) is 58.6 Å². The Morgan fingerprint density at radius 3 is 2.30 bits per heavy atom.